The van der Waals surface area contributed by atoms with E-state index in [1.165, 1.54) is 12.1 Å². The largest absolute Gasteiger partial charge is 0.320 e. The average molecular weight is 360 g/mol. The fourth-order valence-electron chi connectivity index (χ4n) is 1.88. The Morgan fingerprint density at radius 3 is 2.42 bits per heavy atom. The van der Waals surface area contributed by atoms with Crippen LogP contribution in [0.4, 0.5) is 10.1 Å². The van der Waals surface area contributed by atoms with Crippen molar-refractivity contribution in [2.45, 2.75) is 0 Å². The molecule has 0 unspecified atom stereocenters. The van der Waals surface area contributed by atoms with Gasteiger partial charge in [0.2, 0.25) is 5.01 Å². The van der Waals surface area contributed by atoms with Gasteiger partial charge in [0.25, 0.3) is 5.91 Å². The van der Waals surface area contributed by atoms with Crippen molar-refractivity contribution in [3.63, 3.8) is 0 Å². The first kappa shape index (κ1) is 16.3. The molecule has 3 aromatic rings. The maximum atomic E-state index is 12.9. The van der Waals surface area contributed by atoms with Gasteiger partial charge in [0, 0.05) is 5.69 Å². The second kappa shape index (κ2) is 7.33. The lowest BCUT2D eigenvalue weighted by atomic mass is 10.2. The van der Waals surface area contributed by atoms with Crippen molar-refractivity contribution in [2.75, 3.05) is 5.32 Å². The molecule has 2 aromatic carbocycles. The number of halogens is 2. The molecule has 0 aliphatic rings. The van der Waals surface area contributed by atoms with Crippen molar-refractivity contribution in [3.8, 4) is 0 Å². The summed E-state index contributed by atoms with van der Waals surface area (Å²) in [7, 11) is 0. The van der Waals surface area contributed by atoms with Crippen molar-refractivity contribution >= 4 is 45.6 Å². The predicted molar refractivity (Wildman–Crippen MR) is 94.4 cm³/mol. The second-order valence-electron chi connectivity index (χ2n) is 4.78. The SMILES string of the molecule is O=C(Nc1ccccc1)c1nnc(/C(Cl)=C/c2ccc(F)cc2)s1. The summed E-state index contributed by atoms with van der Waals surface area (Å²) in [6.45, 7) is 0. The number of hydrogen-bond donors (Lipinski definition) is 1. The zero-order chi connectivity index (χ0) is 16.9. The maximum Gasteiger partial charge on any atom is 0.286 e. The highest BCUT2D eigenvalue weighted by Crippen LogP contribution is 2.25. The second-order valence-corrected chi connectivity index (χ2v) is 6.16. The molecule has 0 saturated carbocycles. The fourth-order valence-corrected chi connectivity index (χ4v) is 2.81. The molecule has 7 heteroatoms. The highest BCUT2D eigenvalue weighted by molar-refractivity contribution is 7.15. The summed E-state index contributed by atoms with van der Waals surface area (Å²) < 4.78 is 12.9. The molecular formula is C17H11ClFN3OS. The van der Waals surface area contributed by atoms with Crippen LogP contribution < -0.4 is 5.32 Å². The molecule has 0 bridgehead atoms. The molecule has 0 atom stereocenters. The van der Waals surface area contributed by atoms with Crippen LogP contribution in [-0.2, 0) is 0 Å². The number of anilines is 1. The normalized spacial score (nSPS) is 11.3. The molecule has 0 spiro atoms. The van der Waals surface area contributed by atoms with Gasteiger partial charge in [-0.15, -0.1) is 10.2 Å². The molecule has 120 valence electrons. The molecule has 0 fully saturated rings. The standard InChI is InChI=1S/C17H11ClFN3OS/c18-14(10-11-6-8-12(19)9-7-11)16-21-22-17(24-16)15(23)20-13-4-2-1-3-5-13/h1-10H,(H,20,23)/b14-10-. The van der Waals surface area contributed by atoms with Gasteiger partial charge in [-0.2, -0.15) is 0 Å². The number of para-hydroxylation sites is 1. The molecule has 0 aliphatic heterocycles. The van der Waals surface area contributed by atoms with E-state index in [1.54, 1.807) is 30.3 Å². The third-order valence-corrected chi connectivity index (χ3v) is 4.37. The summed E-state index contributed by atoms with van der Waals surface area (Å²) in [6, 6.07) is 14.9. The van der Waals surface area contributed by atoms with Crippen LogP contribution in [0.2, 0.25) is 0 Å². The number of benzene rings is 2. The first-order valence-electron chi connectivity index (χ1n) is 6.95. The summed E-state index contributed by atoms with van der Waals surface area (Å²) in [4.78, 5) is 12.1. The molecule has 1 amide bonds. The number of nitrogens with one attached hydrogen (secondary N) is 1. The highest BCUT2D eigenvalue weighted by Gasteiger charge is 2.14. The predicted octanol–water partition coefficient (Wildman–Crippen LogP) is 4.67. The van der Waals surface area contributed by atoms with Crippen LogP contribution in [-0.4, -0.2) is 16.1 Å². The van der Waals surface area contributed by atoms with Gasteiger partial charge in [0.05, 0.1) is 5.03 Å². The summed E-state index contributed by atoms with van der Waals surface area (Å²) in [5, 5.41) is 11.5. The van der Waals surface area contributed by atoms with E-state index < -0.39 is 0 Å². The Bertz CT molecular complexity index is 878. The van der Waals surface area contributed by atoms with Crippen LogP contribution in [0, 0.1) is 5.82 Å². The van der Waals surface area contributed by atoms with Gasteiger partial charge in [-0.05, 0) is 35.9 Å². The molecule has 24 heavy (non-hydrogen) atoms. The number of aromatic nitrogens is 2. The lowest BCUT2D eigenvalue weighted by molar-refractivity contribution is 0.102. The van der Waals surface area contributed by atoms with Crippen molar-refractivity contribution < 1.29 is 9.18 Å². The summed E-state index contributed by atoms with van der Waals surface area (Å²) >= 11 is 7.28. The van der Waals surface area contributed by atoms with Crippen molar-refractivity contribution in [1.82, 2.24) is 10.2 Å². The molecule has 3 rings (SSSR count). The van der Waals surface area contributed by atoms with Crippen LogP contribution in [0.15, 0.2) is 54.6 Å². The number of nitrogens with zero attached hydrogens (tertiary/aromatic N) is 2. The smallest absolute Gasteiger partial charge is 0.286 e. The number of carbonyl (C=O) groups excluding carboxylic acids is 1. The van der Waals surface area contributed by atoms with E-state index in [1.807, 2.05) is 18.2 Å². The van der Waals surface area contributed by atoms with Gasteiger partial charge in [-0.1, -0.05) is 53.3 Å². The minimum Gasteiger partial charge on any atom is -0.320 e. The van der Waals surface area contributed by atoms with Gasteiger partial charge in [-0.3, -0.25) is 4.79 Å². The first-order valence-corrected chi connectivity index (χ1v) is 8.14. The van der Waals surface area contributed by atoms with E-state index in [2.05, 4.69) is 15.5 Å². The molecule has 0 aliphatic carbocycles. The summed E-state index contributed by atoms with van der Waals surface area (Å²) in [5.74, 6) is -0.671. The molecule has 1 N–H and O–H groups in total. The summed E-state index contributed by atoms with van der Waals surface area (Å²) in [5.41, 5.74) is 1.40. The minimum atomic E-state index is -0.351. The Kier molecular flexibility index (Phi) is 4.98. The molecule has 1 aromatic heterocycles. The van der Waals surface area contributed by atoms with Crippen LogP contribution >= 0.6 is 22.9 Å². The van der Waals surface area contributed by atoms with Crippen molar-refractivity contribution in [3.05, 3.63) is 76.0 Å². The lowest BCUT2D eigenvalue weighted by Crippen LogP contribution is -2.11. The zero-order valence-electron chi connectivity index (χ0n) is 12.2. The van der Waals surface area contributed by atoms with E-state index in [0.29, 0.717) is 15.7 Å². The Morgan fingerprint density at radius 1 is 1.04 bits per heavy atom. The van der Waals surface area contributed by atoms with Gasteiger partial charge in [0.1, 0.15) is 5.82 Å². The third kappa shape index (κ3) is 4.04. The molecule has 0 radical (unpaired) electrons. The third-order valence-electron chi connectivity index (χ3n) is 3.02. The van der Waals surface area contributed by atoms with Crippen molar-refractivity contribution in [1.29, 1.82) is 0 Å². The Balaban J connectivity index is 1.74. The lowest BCUT2D eigenvalue weighted by Gasteiger charge is -2.00. The molecular weight excluding hydrogens is 349 g/mol. The Hall–Kier alpha value is -2.57. The van der Waals surface area contributed by atoms with Gasteiger partial charge < -0.3 is 5.32 Å². The highest BCUT2D eigenvalue weighted by atomic mass is 35.5. The monoisotopic (exact) mass is 359 g/mol. The topological polar surface area (TPSA) is 54.9 Å². The van der Waals surface area contributed by atoms with E-state index >= 15 is 0 Å². The van der Waals surface area contributed by atoms with Crippen LogP contribution in [0.1, 0.15) is 20.4 Å². The van der Waals surface area contributed by atoms with Crippen LogP contribution in [0.5, 0.6) is 0 Å². The van der Waals surface area contributed by atoms with Crippen molar-refractivity contribution in [2.24, 2.45) is 0 Å². The average Bonchev–Trinajstić information content (AvgIpc) is 3.08. The van der Waals surface area contributed by atoms with Gasteiger partial charge in [-0.25, -0.2) is 4.39 Å². The fraction of sp³-hybridized carbons (Fsp3) is 0. The number of rotatable bonds is 4. The molecule has 0 saturated heterocycles. The van der Waals surface area contributed by atoms with E-state index in [0.717, 1.165) is 16.9 Å². The van der Waals surface area contributed by atoms with E-state index in [-0.39, 0.29) is 16.7 Å². The van der Waals surface area contributed by atoms with E-state index in [4.69, 9.17) is 11.6 Å². The molecule has 4 nitrogen and oxygen atoms in total. The quantitative estimate of drug-likeness (QED) is 0.736. The van der Waals surface area contributed by atoms with Crippen LogP contribution in [0.25, 0.3) is 11.1 Å². The zero-order valence-corrected chi connectivity index (χ0v) is 13.8. The number of hydrogen-bond acceptors (Lipinski definition) is 4. The molecule has 1 heterocycles. The number of carbonyl (C=O) groups is 1. The summed E-state index contributed by atoms with van der Waals surface area (Å²) in [6.07, 6.45) is 1.64. The first-order chi connectivity index (χ1) is 11.6. The Labute approximate surface area is 146 Å². The Morgan fingerprint density at radius 2 is 1.71 bits per heavy atom. The maximum absolute atomic E-state index is 12.9. The van der Waals surface area contributed by atoms with Gasteiger partial charge in [0.15, 0.2) is 5.01 Å². The number of amides is 1. The van der Waals surface area contributed by atoms with Gasteiger partial charge >= 0.3 is 0 Å². The minimum absolute atomic E-state index is 0.208. The van der Waals surface area contributed by atoms with E-state index in [9.17, 15) is 9.18 Å². The van der Waals surface area contributed by atoms with Crippen LogP contribution in [0.3, 0.4) is 0 Å².